The Kier molecular flexibility index (Phi) is 5.97. The third kappa shape index (κ3) is 5.19. The zero-order valence-corrected chi connectivity index (χ0v) is 13.9. The zero-order valence-electron chi connectivity index (χ0n) is 13.1. The van der Waals surface area contributed by atoms with Gasteiger partial charge in [0.2, 0.25) is 15.9 Å². The summed E-state index contributed by atoms with van der Waals surface area (Å²) in [5.74, 6) is -0.0502. The van der Waals surface area contributed by atoms with Crippen molar-refractivity contribution in [1.82, 2.24) is 0 Å². The first-order valence-electron chi connectivity index (χ1n) is 7.52. The number of nitrogens with one attached hydrogen (secondary N) is 1. The van der Waals surface area contributed by atoms with Gasteiger partial charge in [-0.25, -0.2) is 13.6 Å². The third-order valence-electron chi connectivity index (χ3n) is 3.72. The fourth-order valence-electron chi connectivity index (χ4n) is 2.53. The Hall–Kier alpha value is -1.64. The van der Waals surface area contributed by atoms with Crippen molar-refractivity contribution in [3.63, 3.8) is 0 Å². The van der Waals surface area contributed by atoms with E-state index in [9.17, 15) is 13.2 Å². The fraction of sp³-hybridized carbons (Fsp3) is 0.533. The van der Waals surface area contributed by atoms with E-state index in [1.54, 1.807) is 6.07 Å². The number of carbonyl (C=O) groups is 1. The van der Waals surface area contributed by atoms with Crippen molar-refractivity contribution in [2.45, 2.75) is 43.1 Å². The topological polar surface area (TPSA) is 108 Å². The summed E-state index contributed by atoms with van der Waals surface area (Å²) in [7, 11) is -2.58. The summed E-state index contributed by atoms with van der Waals surface area (Å²) in [5.41, 5.74) is 0.365. The maximum atomic E-state index is 12.0. The van der Waals surface area contributed by atoms with Gasteiger partial charge in [0.25, 0.3) is 0 Å². The molecule has 7 nitrogen and oxygen atoms in total. The second-order valence-electron chi connectivity index (χ2n) is 5.49. The van der Waals surface area contributed by atoms with Crippen LogP contribution in [0.2, 0.25) is 0 Å². The molecule has 23 heavy (non-hydrogen) atoms. The summed E-state index contributed by atoms with van der Waals surface area (Å²) >= 11 is 0. The van der Waals surface area contributed by atoms with Gasteiger partial charge < -0.3 is 14.8 Å². The maximum absolute atomic E-state index is 12.0. The van der Waals surface area contributed by atoms with Crippen molar-refractivity contribution in [3.8, 4) is 5.75 Å². The Morgan fingerprint density at radius 3 is 2.83 bits per heavy atom. The van der Waals surface area contributed by atoms with Gasteiger partial charge >= 0.3 is 0 Å². The van der Waals surface area contributed by atoms with Crippen LogP contribution in [0, 0.1) is 0 Å². The lowest BCUT2D eigenvalue weighted by Crippen LogP contribution is -2.22. The van der Waals surface area contributed by atoms with E-state index in [-0.39, 0.29) is 22.7 Å². The molecule has 0 radical (unpaired) electrons. The number of methoxy groups -OCH3 is 1. The molecular formula is C15H22N2O5S. The molecule has 1 saturated heterocycles. The van der Waals surface area contributed by atoms with Gasteiger partial charge in [0, 0.05) is 18.7 Å². The Balaban J connectivity index is 1.97. The number of ether oxygens (including phenoxy) is 2. The van der Waals surface area contributed by atoms with E-state index in [4.69, 9.17) is 14.6 Å². The first-order valence-corrected chi connectivity index (χ1v) is 9.07. The second-order valence-corrected chi connectivity index (χ2v) is 7.02. The van der Waals surface area contributed by atoms with Crippen LogP contribution in [0.4, 0.5) is 5.69 Å². The summed E-state index contributed by atoms with van der Waals surface area (Å²) in [6.45, 7) is 0.752. The van der Waals surface area contributed by atoms with Crippen molar-refractivity contribution < 1.29 is 22.7 Å². The van der Waals surface area contributed by atoms with Crippen LogP contribution in [0.25, 0.3) is 0 Å². The molecule has 0 aromatic heterocycles. The van der Waals surface area contributed by atoms with Gasteiger partial charge in [-0.1, -0.05) is 0 Å². The van der Waals surface area contributed by atoms with Crippen LogP contribution in [0.1, 0.15) is 32.1 Å². The van der Waals surface area contributed by atoms with E-state index in [0.717, 1.165) is 25.9 Å². The first kappa shape index (κ1) is 17.7. The van der Waals surface area contributed by atoms with Gasteiger partial charge in [-0.15, -0.1) is 0 Å². The average Bonchev–Trinajstić information content (AvgIpc) is 2.53. The quantitative estimate of drug-likeness (QED) is 0.817. The predicted octanol–water partition coefficient (Wildman–Crippen LogP) is 1.63. The van der Waals surface area contributed by atoms with Crippen molar-refractivity contribution in [2.24, 2.45) is 5.14 Å². The number of nitrogens with two attached hydrogens (primary N) is 1. The Morgan fingerprint density at radius 1 is 1.43 bits per heavy atom. The summed E-state index contributed by atoms with van der Waals surface area (Å²) < 4.78 is 33.7. The van der Waals surface area contributed by atoms with Gasteiger partial charge in [0.1, 0.15) is 10.6 Å². The van der Waals surface area contributed by atoms with Crippen LogP contribution < -0.4 is 15.2 Å². The number of sulfonamides is 1. The van der Waals surface area contributed by atoms with Gasteiger partial charge in [-0.05, 0) is 43.9 Å². The smallest absolute Gasteiger partial charge is 0.241 e. The first-order chi connectivity index (χ1) is 10.9. The van der Waals surface area contributed by atoms with E-state index >= 15 is 0 Å². The van der Waals surface area contributed by atoms with Crippen molar-refractivity contribution >= 4 is 21.6 Å². The Labute approximate surface area is 136 Å². The van der Waals surface area contributed by atoms with E-state index < -0.39 is 10.0 Å². The van der Waals surface area contributed by atoms with E-state index in [2.05, 4.69) is 5.32 Å². The Bertz CT molecular complexity index is 654. The molecule has 0 spiro atoms. The molecule has 3 N–H and O–H groups in total. The number of hydrogen-bond donors (Lipinski definition) is 2. The number of rotatable bonds is 6. The molecule has 0 aliphatic carbocycles. The SMILES string of the molecule is COc1ccc(NC(=O)CC[C@@H]2CCCCO2)cc1S(N)(=O)=O. The number of benzene rings is 1. The molecule has 1 aliphatic heterocycles. The number of carbonyl (C=O) groups excluding carboxylic acids is 1. The second kappa shape index (κ2) is 7.76. The van der Waals surface area contributed by atoms with E-state index in [1.165, 1.54) is 19.2 Å². The van der Waals surface area contributed by atoms with Crippen molar-refractivity contribution in [2.75, 3.05) is 19.0 Å². The monoisotopic (exact) mass is 342 g/mol. The highest BCUT2D eigenvalue weighted by molar-refractivity contribution is 7.89. The summed E-state index contributed by atoms with van der Waals surface area (Å²) in [6, 6.07) is 4.32. The molecular weight excluding hydrogens is 320 g/mol. The molecule has 1 atom stereocenters. The third-order valence-corrected chi connectivity index (χ3v) is 4.65. The summed E-state index contributed by atoms with van der Waals surface area (Å²) in [6.07, 6.45) is 4.29. The summed E-state index contributed by atoms with van der Waals surface area (Å²) in [4.78, 5) is 11.8. The minimum Gasteiger partial charge on any atom is -0.495 e. The molecule has 1 heterocycles. The number of primary sulfonamides is 1. The van der Waals surface area contributed by atoms with Crippen molar-refractivity contribution in [3.05, 3.63) is 18.2 Å². The normalized spacial score (nSPS) is 18.4. The molecule has 1 amide bonds. The number of anilines is 1. The van der Waals surface area contributed by atoms with Crippen LogP contribution in [0.3, 0.4) is 0 Å². The Morgan fingerprint density at radius 2 is 2.22 bits per heavy atom. The lowest BCUT2D eigenvalue weighted by Gasteiger charge is -2.22. The van der Waals surface area contributed by atoms with E-state index in [1.807, 2.05) is 0 Å². The maximum Gasteiger partial charge on any atom is 0.241 e. The fourth-order valence-corrected chi connectivity index (χ4v) is 3.25. The molecule has 1 fully saturated rings. The molecule has 1 aliphatic rings. The van der Waals surface area contributed by atoms with Crippen LogP contribution in [0.5, 0.6) is 5.75 Å². The van der Waals surface area contributed by atoms with Gasteiger partial charge in [-0.3, -0.25) is 4.79 Å². The lowest BCUT2D eigenvalue weighted by molar-refractivity contribution is -0.117. The largest absolute Gasteiger partial charge is 0.495 e. The average molecular weight is 342 g/mol. The van der Waals surface area contributed by atoms with Crippen LogP contribution >= 0.6 is 0 Å². The highest BCUT2D eigenvalue weighted by atomic mass is 32.2. The standard InChI is InChI=1S/C15H22N2O5S/c1-21-13-7-5-11(10-14(13)23(16,19)20)17-15(18)8-6-12-4-2-3-9-22-12/h5,7,10,12H,2-4,6,8-9H2,1H3,(H,17,18)(H2,16,19,20)/t12-/m0/s1. The predicted molar refractivity (Wildman–Crippen MR) is 85.8 cm³/mol. The highest BCUT2D eigenvalue weighted by Gasteiger charge is 2.18. The molecule has 0 bridgehead atoms. The number of amides is 1. The molecule has 0 unspecified atom stereocenters. The lowest BCUT2D eigenvalue weighted by atomic mass is 10.0. The van der Waals surface area contributed by atoms with Crippen LogP contribution in [-0.4, -0.2) is 34.1 Å². The molecule has 2 rings (SSSR count). The van der Waals surface area contributed by atoms with Gasteiger partial charge in [0.05, 0.1) is 13.2 Å². The molecule has 1 aromatic carbocycles. The number of hydrogen-bond acceptors (Lipinski definition) is 5. The molecule has 8 heteroatoms. The summed E-state index contributed by atoms with van der Waals surface area (Å²) in [5, 5.41) is 7.83. The molecule has 1 aromatic rings. The molecule has 128 valence electrons. The van der Waals surface area contributed by atoms with Crippen LogP contribution in [-0.2, 0) is 19.6 Å². The van der Waals surface area contributed by atoms with Crippen LogP contribution in [0.15, 0.2) is 23.1 Å². The van der Waals surface area contributed by atoms with Crippen molar-refractivity contribution in [1.29, 1.82) is 0 Å². The zero-order chi connectivity index (χ0) is 16.9. The minimum atomic E-state index is -3.93. The van der Waals surface area contributed by atoms with Gasteiger partial charge in [-0.2, -0.15) is 0 Å². The minimum absolute atomic E-state index is 0.130. The van der Waals surface area contributed by atoms with Gasteiger partial charge in [0.15, 0.2) is 0 Å². The highest BCUT2D eigenvalue weighted by Crippen LogP contribution is 2.26. The van der Waals surface area contributed by atoms with E-state index in [0.29, 0.717) is 18.5 Å². The molecule has 0 saturated carbocycles.